The van der Waals surface area contributed by atoms with Gasteiger partial charge in [-0.15, -0.1) is 0 Å². The maximum absolute atomic E-state index is 15.4. The molecule has 0 aromatic heterocycles. The number of ether oxygens (including phenoxy) is 3. The van der Waals surface area contributed by atoms with E-state index in [1.54, 1.807) is 26.2 Å². The van der Waals surface area contributed by atoms with Gasteiger partial charge in [-0.05, 0) is 29.3 Å². The number of halogens is 1. The van der Waals surface area contributed by atoms with Crippen LogP contribution in [0.25, 0.3) is 5.57 Å². The first-order valence-corrected chi connectivity index (χ1v) is 13.4. The van der Waals surface area contributed by atoms with Crippen LogP contribution >= 0.6 is 0 Å². The summed E-state index contributed by atoms with van der Waals surface area (Å²) in [6, 6.07) is 9.27. The Kier molecular flexibility index (Phi) is 8.53. The fourth-order valence-electron chi connectivity index (χ4n) is 4.18. The van der Waals surface area contributed by atoms with Gasteiger partial charge in [0.2, 0.25) is 6.29 Å². The van der Waals surface area contributed by atoms with E-state index in [0.717, 1.165) is 5.57 Å². The minimum absolute atomic E-state index is 0.0292. The van der Waals surface area contributed by atoms with E-state index in [4.69, 9.17) is 14.2 Å². The minimum atomic E-state index is -3.93. The van der Waals surface area contributed by atoms with Gasteiger partial charge in [-0.3, -0.25) is 9.62 Å². The summed E-state index contributed by atoms with van der Waals surface area (Å²) in [7, 11) is 0.415. The molecule has 1 atom stereocenters. The van der Waals surface area contributed by atoms with Crippen LogP contribution in [0.5, 0.6) is 11.5 Å². The molecule has 1 fully saturated rings. The van der Waals surface area contributed by atoms with Gasteiger partial charge < -0.3 is 24.2 Å². The maximum Gasteiger partial charge on any atom is 0.414 e. The number of nitrogens with one attached hydrogen (secondary N) is 2. The number of aliphatic hydroxyl groups excluding tert-OH is 1. The number of hydrogen-bond donors (Lipinski definition) is 3. The van der Waals surface area contributed by atoms with Crippen molar-refractivity contribution in [3.05, 3.63) is 58.9 Å². The Labute approximate surface area is 221 Å². The van der Waals surface area contributed by atoms with E-state index in [-0.39, 0.29) is 23.4 Å². The highest BCUT2D eigenvalue weighted by molar-refractivity contribution is 7.90. The van der Waals surface area contributed by atoms with Crippen molar-refractivity contribution in [2.75, 3.05) is 58.7 Å². The molecule has 11 nitrogen and oxygen atoms in total. The van der Waals surface area contributed by atoms with E-state index in [9.17, 15) is 18.3 Å². The van der Waals surface area contributed by atoms with E-state index in [1.165, 1.54) is 36.2 Å². The number of morpholine rings is 1. The number of fused-ring (bicyclic) bond motifs is 1. The monoisotopic (exact) mass is 550 g/mol. The zero-order valence-electron chi connectivity index (χ0n) is 21.4. The van der Waals surface area contributed by atoms with Crippen molar-refractivity contribution in [1.82, 2.24) is 14.5 Å². The number of nitrogens with zero attached hydrogens (tertiary/aromatic N) is 2. The Morgan fingerprint density at radius 3 is 2.66 bits per heavy atom. The van der Waals surface area contributed by atoms with Crippen molar-refractivity contribution >= 4 is 27.6 Å². The summed E-state index contributed by atoms with van der Waals surface area (Å²) in [6.45, 7) is 2.93. The van der Waals surface area contributed by atoms with Gasteiger partial charge in [-0.1, -0.05) is 12.1 Å². The van der Waals surface area contributed by atoms with Crippen LogP contribution in [0.1, 0.15) is 11.1 Å². The van der Waals surface area contributed by atoms with Crippen molar-refractivity contribution < 1.29 is 36.9 Å². The number of carbonyl (C=O) groups is 1. The smallest absolute Gasteiger partial charge is 0.414 e. The van der Waals surface area contributed by atoms with Crippen LogP contribution in [-0.2, 0) is 21.4 Å². The number of benzene rings is 2. The van der Waals surface area contributed by atoms with Crippen molar-refractivity contribution in [3.8, 4) is 11.5 Å². The van der Waals surface area contributed by atoms with Gasteiger partial charge in [-0.25, -0.2) is 13.9 Å². The fraction of sp³-hybridized carbons (Fsp3) is 0.400. The molecule has 1 unspecified atom stereocenters. The molecule has 0 spiro atoms. The highest BCUT2D eigenvalue weighted by Gasteiger charge is 2.30. The van der Waals surface area contributed by atoms with Gasteiger partial charge >= 0.3 is 6.09 Å². The highest BCUT2D eigenvalue weighted by atomic mass is 32.2. The normalized spacial score (nSPS) is 18.0. The van der Waals surface area contributed by atoms with E-state index in [1.807, 2.05) is 0 Å². The van der Waals surface area contributed by atoms with Gasteiger partial charge in [0.1, 0.15) is 11.5 Å². The van der Waals surface area contributed by atoms with Crippen molar-refractivity contribution in [1.29, 1.82) is 0 Å². The molecule has 1 saturated heterocycles. The van der Waals surface area contributed by atoms with E-state index in [2.05, 4.69) is 14.3 Å². The molecule has 2 aliphatic heterocycles. The number of aliphatic hydroxyl groups is 1. The van der Waals surface area contributed by atoms with Gasteiger partial charge in [0.15, 0.2) is 5.82 Å². The average molecular weight is 551 g/mol. The standard InChI is InChI=1S/C25H31FN4O7S/c1-27-38(33,34)28-21-6-4-5-16(23(21)26)13-19-20(15-30-9-11-35-12-10-30)18-8-7-17(36-25(32)29(2)3)14-22(18)37-24(19)31/h4-8,14,24,27-28,31H,9-13,15H2,1-3H3. The summed E-state index contributed by atoms with van der Waals surface area (Å²) in [5, 5.41) is 11.0. The molecule has 13 heteroatoms. The number of hydrogen-bond acceptors (Lipinski definition) is 8. The van der Waals surface area contributed by atoms with E-state index in [0.29, 0.717) is 49.7 Å². The number of anilines is 1. The van der Waals surface area contributed by atoms with E-state index < -0.39 is 28.4 Å². The quantitative estimate of drug-likeness (QED) is 0.454. The zero-order chi connectivity index (χ0) is 27.4. The molecule has 0 bridgehead atoms. The topological polar surface area (TPSA) is 130 Å². The number of amides is 1. The second-order valence-electron chi connectivity index (χ2n) is 9.05. The molecule has 0 aliphatic carbocycles. The molecule has 2 aliphatic rings. The summed E-state index contributed by atoms with van der Waals surface area (Å²) >= 11 is 0. The van der Waals surface area contributed by atoms with Crippen molar-refractivity contribution in [2.24, 2.45) is 0 Å². The highest BCUT2D eigenvalue weighted by Crippen LogP contribution is 2.40. The van der Waals surface area contributed by atoms with Gasteiger partial charge in [0.25, 0.3) is 10.2 Å². The van der Waals surface area contributed by atoms with Crippen LogP contribution < -0.4 is 18.9 Å². The zero-order valence-corrected chi connectivity index (χ0v) is 22.2. The molecule has 206 valence electrons. The lowest BCUT2D eigenvalue weighted by molar-refractivity contribution is 0.00898. The lowest BCUT2D eigenvalue weighted by Crippen LogP contribution is -2.39. The molecule has 1 amide bonds. The lowest BCUT2D eigenvalue weighted by atomic mass is 9.91. The Bertz CT molecular complexity index is 1330. The largest absolute Gasteiger partial charge is 0.460 e. The third-order valence-corrected chi connectivity index (χ3v) is 7.26. The second-order valence-corrected chi connectivity index (χ2v) is 10.7. The second kappa shape index (κ2) is 11.7. The molecular formula is C25H31FN4O7S. The SMILES string of the molecule is CNS(=O)(=O)Nc1cccc(CC2=C(CN3CCOCC3)c3ccc(OC(=O)N(C)C)cc3OC2O)c1F. The van der Waals surface area contributed by atoms with Crippen molar-refractivity contribution in [3.63, 3.8) is 0 Å². The molecule has 0 saturated carbocycles. The molecule has 2 heterocycles. The van der Waals surface area contributed by atoms with E-state index >= 15 is 4.39 Å². The van der Waals surface area contributed by atoms with Crippen LogP contribution in [0.15, 0.2) is 42.0 Å². The Morgan fingerprint density at radius 2 is 1.97 bits per heavy atom. The fourth-order valence-corrected chi connectivity index (χ4v) is 4.73. The van der Waals surface area contributed by atoms with Gasteiger partial charge in [0.05, 0.1) is 18.9 Å². The van der Waals surface area contributed by atoms with Gasteiger partial charge in [-0.2, -0.15) is 8.42 Å². The third-order valence-electron chi connectivity index (χ3n) is 6.23. The van der Waals surface area contributed by atoms with Crippen molar-refractivity contribution in [2.45, 2.75) is 12.7 Å². The predicted molar refractivity (Wildman–Crippen MR) is 139 cm³/mol. The molecule has 2 aromatic rings. The first kappa shape index (κ1) is 27.8. The van der Waals surface area contributed by atoms with Crippen LogP contribution in [-0.4, -0.2) is 89.7 Å². The maximum atomic E-state index is 15.4. The Morgan fingerprint density at radius 1 is 1.24 bits per heavy atom. The molecule has 4 rings (SSSR count). The summed E-state index contributed by atoms with van der Waals surface area (Å²) in [4.78, 5) is 15.4. The predicted octanol–water partition coefficient (Wildman–Crippen LogP) is 1.80. The van der Waals surface area contributed by atoms with Crippen LogP contribution in [0.2, 0.25) is 0 Å². The molecule has 0 radical (unpaired) electrons. The third kappa shape index (κ3) is 6.42. The molecular weight excluding hydrogens is 519 g/mol. The van der Waals surface area contributed by atoms with Gasteiger partial charge in [0, 0.05) is 64.4 Å². The summed E-state index contributed by atoms with van der Waals surface area (Å²) in [6.07, 6.45) is -2.00. The summed E-state index contributed by atoms with van der Waals surface area (Å²) in [5.74, 6) is -0.183. The summed E-state index contributed by atoms with van der Waals surface area (Å²) in [5.41, 5.74) is 1.82. The molecule has 2 aromatic carbocycles. The Balaban J connectivity index is 1.73. The number of carbonyl (C=O) groups excluding carboxylic acids is 1. The van der Waals surface area contributed by atoms with Crippen LogP contribution in [0, 0.1) is 5.82 Å². The Hall–Kier alpha value is -3.23. The number of rotatable bonds is 8. The lowest BCUT2D eigenvalue weighted by Gasteiger charge is -2.33. The minimum Gasteiger partial charge on any atom is -0.460 e. The first-order chi connectivity index (χ1) is 18.1. The van der Waals surface area contributed by atoms with Crippen LogP contribution in [0.4, 0.5) is 14.9 Å². The molecule has 38 heavy (non-hydrogen) atoms. The summed E-state index contributed by atoms with van der Waals surface area (Å²) < 4.78 is 60.0. The van der Waals surface area contributed by atoms with Crippen LogP contribution in [0.3, 0.4) is 0 Å². The molecule has 3 N–H and O–H groups in total. The first-order valence-electron chi connectivity index (χ1n) is 12.0. The average Bonchev–Trinajstić information content (AvgIpc) is 2.88.